The van der Waals surface area contributed by atoms with E-state index in [1.165, 1.54) is 0 Å². The molecule has 0 bridgehead atoms. The Balaban J connectivity index is 1.98. The summed E-state index contributed by atoms with van der Waals surface area (Å²) in [6.45, 7) is 5.01. The molecule has 0 saturated heterocycles. The number of amides is 2. The van der Waals surface area contributed by atoms with Gasteiger partial charge in [0.05, 0.1) is 6.61 Å². The van der Waals surface area contributed by atoms with Gasteiger partial charge in [0.1, 0.15) is 5.75 Å². The Kier molecular flexibility index (Phi) is 7.76. The summed E-state index contributed by atoms with van der Waals surface area (Å²) in [7, 11) is 0. The molecular weight excluding hydrogens is 362 g/mol. The molecule has 0 heterocycles. The Labute approximate surface area is 164 Å². The van der Waals surface area contributed by atoms with E-state index in [-0.39, 0.29) is 16.9 Å². The fourth-order valence-electron chi connectivity index (χ4n) is 2.29. The minimum atomic E-state index is -0.339. The van der Waals surface area contributed by atoms with Crippen LogP contribution in [0.4, 0.5) is 5.69 Å². The zero-order valence-electron chi connectivity index (χ0n) is 15.4. The lowest BCUT2D eigenvalue weighted by Gasteiger charge is -2.11. The molecule has 0 aliphatic rings. The van der Waals surface area contributed by atoms with Gasteiger partial charge in [-0.15, -0.1) is 0 Å². The minimum absolute atomic E-state index is 0.146. The van der Waals surface area contributed by atoms with E-state index in [2.05, 4.69) is 16.0 Å². The predicted molar refractivity (Wildman–Crippen MR) is 110 cm³/mol. The molecule has 0 spiro atoms. The van der Waals surface area contributed by atoms with Crippen molar-refractivity contribution in [2.24, 2.45) is 0 Å². The highest BCUT2D eigenvalue weighted by molar-refractivity contribution is 7.80. The number of thiocarbonyl (C=S) groups is 1. The summed E-state index contributed by atoms with van der Waals surface area (Å²) < 4.78 is 5.54. The van der Waals surface area contributed by atoms with Crippen LogP contribution in [0.1, 0.15) is 41.0 Å². The zero-order valence-corrected chi connectivity index (χ0v) is 16.2. The van der Waals surface area contributed by atoms with E-state index in [0.717, 1.165) is 6.42 Å². The van der Waals surface area contributed by atoms with Gasteiger partial charge < -0.3 is 15.4 Å². The molecule has 0 aliphatic heterocycles. The van der Waals surface area contributed by atoms with E-state index in [1.807, 2.05) is 13.8 Å². The molecule has 0 saturated carbocycles. The number of rotatable bonds is 7. The highest BCUT2D eigenvalue weighted by Gasteiger charge is 2.10. The summed E-state index contributed by atoms with van der Waals surface area (Å²) in [4.78, 5) is 24.3. The second kappa shape index (κ2) is 10.3. The molecule has 0 aliphatic carbocycles. The maximum atomic E-state index is 12.4. The number of ether oxygens (including phenoxy) is 1. The van der Waals surface area contributed by atoms with Gasteiger partial charge in [-0.05, 0) is 62.0 Å². The molecule has 2 rings (SSSR count). The van der Waals surface area contributed by atoms with E-state index in [4.69, 9.17) is 17.0 Å². The lowest BCUT2D eigenvalue weighted by Crippen LogP contribution is -2.34. The summed E-state index contributed by atoms with van der Waals surface area (Å²) in [5.41, 5.74) is 1.57. The molecule has 2 amide bonds. The zero-order chi connectivity index (χ0) is 19.6. The van der Waals surface area contributed by atoms with Crippen molar-refractivity contribution < 1.29 is 14.3 Å². The Hall–Kier alpha value is -2.93. The van der Waals surface area contributed by atoms with Gasteiger partial charge in [0.25, 0.3) is 11.8 Å². The van der Waals surface area contributed by atoms with Gasteiger partial charge in [0.2, 0.25) is 0 Å². The second-order valence-electron chi connectivity index (χ2n) is 5.72. The van der Waals surface area contributed by atoms with Crippen LogP contribution in [0.5, 0.6) is 5.75 Å². The normalized spacial score (nSPS) is 10.0. The lowest BCUT2D eigenvalue weighted by molar-refractivity contribution is 0.0953. The molecule has 2 aromatic carbocycles. The van der Waals surface area contributed by atoms with Crippen LogP contribution in [0.25, 0.3) is 0 Å². The number of carbonyl (C=O) groups is 2. The first kappa shape index (κ1) is 20.4. The molecule has 0 fully saturated rings. The number of carbonyl (C=O) groups excluding carboxylic acids is 2. The fraction of sp³-hybridized carbons (Fsp3) is 0.250. The van der Waals surface area contributed by atoms with Crippen LogP contribution in [0.2, 0.25) is 0 Å². The minimum Gasteiger partial charge on any atom is -0.494 e. The molecule has 142 valence electrons. The van der Waals surface area contributed by atoms with Crippen LogP contribution in [-0.4, -0.2) is 30.1 Å². The maximum Gasteiger partial charge on any atom is 0.257 e. The highest BCUT2D eigenvalue weighted by Crippen LogP contribution is 2.14. The summed E-state index contributed by atoms with van der Waals surface area (Å²) >= 11 is 5.20. The number of benzene rings is 2. The summed E-state index contributed by atoms with van der Waals surface area (Å²) in [5.74, 6) is 0.132. The first-order valence-corrected chi connectivity index (χ1v) is 9.17. The third-order valence-corrected chi connectivity index (χ3v) is 3.72. The third-order valence-electron chi connectivity index (χ3n) is 3.52. The third kappa shape index (κ3) is 6.38. The van der Waals surface area contributed by atoms with Crippen LogP contribution in [0.15, 0.2) is 48.5 Å². The first-order valence-electron chi connectivity index (χ1n) is 8.77. The van der Waals surface area contributed by atoms with Crippen molar-refractivity contribution in [3.05, 3.63) is 59.7 Å². The van der Waals surface area contributed by atoms with Crippen molar-refractivity contribution in [1.29, 1.82) is 0 Å². The van der Waals surface area contributed by atoms with Crippen LogP contribution < -0.4 is 20.7 Å². The number of hydrogen-bond acceptors (Lipinski definition) is 4. The standard InChI is InChI=1S/C20H23N3O3S/c1-3-11-26-17-10-6-8-15(13-17)19(25)23-20(27)22-16-9-5-7-14(12-16)18(24)21-4-2/h5-10,12-13H,3-4,11H2,1-2H3,(H,21,24)(H2,22,23,25,27). The smallest absolute Gasteiger partial charge is 0.257 e. The van der Waals surface area contributed by atoms with Gasteiger partial charge in [-0.3, -0.25) is 14.9 Å². The maximum absolute atomic E-state index is 12.4. The summed E-state index contributed by atoms with van der Waals surface area (Å²) in [6, 6.07) is 13.8. The van der Waals surface area contributed by atoms with Crippen LogP contribution in [-0.2, 0) is 0 Å². The van der Waals surface area contributed by atoms with Gasteiger partial charge in [0.15, 0.2) is 5.11 Å². The topological polar surface area (TPSA) is 79.5 Å². The van der Waals surface area contributed by atoms with Crippen molar-refractivity contribution in [1.82, 2.24) is 10.6 Å². The number of nitrogens with one attached hydrogen (secondary N) is 3. The highest BCUT2D eigenvalue weighted by atomic mass is 32.1. The second-order valence-corrected chi connectivity index (χ2v) is 6.13. The average Bonchev–Trinajstić information content (AvgIpc) is 2.67. The molecule has 0 aromatic heterocycles. The van der Waals surface area contributed by atoms with Crippen LogP contribution in [0, 0.1) is 0 Å². The molecule has 6 nitrogen and oxygen atoms in total. The lowest BCUT2D eigenvalue weighted by atomic mass is 10.2. The van der Waals surface area contributed by atoms with E-state index in [9.17, 15) is 9.59 Å². The number of hydrogen-bond donors (Lipinski definition) is 3. The van der Waals surface area contributed by atoms with E-state index < -0.39 is 0 Å². The Bertz CT molecular complexity index is 824. The van der Waals surface area contributed by atoms with Gasteiger partial charge in [-0.25, -0.2) is 0 Å². The monoisotopic (exact) mass is 385 g/mol. The van der Waals surface area contributed by atoms with Crippen LogP contribution in [0.3, 0.4) is 0 Å². The van der Waals surface area contributed by atoms with E-state index >= 15 is 0 Å². The molecule has 0 atom stereocenters. The average molecular weight is 385 g/mol. The Morgan fingerprint density at radius 2 is 1.70 bits per heavy atom. The van der Waals surface area contributed by atoms with Gasteiger partial charge >= 0.3 is 0 Å². The van der Waals surface area contributed by atoms with Crippen molar-refractivity contribution >= 4 is 34.8 Å². The first-order chi connectivity index (χ1) is 13.0. The van der Waals surface area contributed by atoms with E-state index in [0.29, 0.717) is 35.7 Å². The van der Waals surface area contributed by atoms with Gasteiger partial charge in [-0.2, -0.15) is 0 Å². The molecule has 0 unspecified atom stereocenters. The van der Waals surface area contributed by atoms with E-state index in [1.54, 1.807) is 48.5 Å². The quantitative estimate of drug-likeness (QED) is 0.637. The van der Waals surface area contributed by atoms with Crippen molar-refractivity contribution in [2.75, 3.05) is 18.5 Å². The molecule has 0 radical (unpaired) electrons. The molecular formula is C20H23N3O3S. The molecule has 27 heavy (non-hydrogen) atoms. The van der Waals surface area contributed by atoms with Gasteiger partial charge in [-0.1, -0.05) is 19.1 Å². The summed E-state index contributed by atoms with van der Waals surface area (Å²) in [6.07, 6.45) is 0.889. The predicted octanol–water partition coefficient (Wildman–Crippen LogP) is 3.35. The fourth-order valence-corrected chi connectivity index (χ4v) is 2.50. The molecule has 7 heteroatoms. The SMILES string of the molecule is CCCOc1cccc(C(=O)NC(=S)Nc2cccc(C(=O)NCC)c2)c1. The van der Waals surface area contributed by atoms with Gasteiger partial charge in [0, 0.05) is 23.4 Å². The van der Waals surface area contributed by atoms with Crippen molar-refractivity contribution in [2.45, 2.75) is 20.3 Å². The van der Waals surface area contributed by atoms with Crippen LogP contribution >= 0.6 is 12.2 Å². The molecule has 3 N–H and O–H groups in total. The Morgan fingerprint density at radius 1 is 1.00 bits per heavy atom. The van der Waals surface area contributed by atoms with Crippen molar-refractivity contribution in [3.63, 3.8) is 0 Å². The Morgan fingerprint density at radius 3 is 2.41 bits per heavy atom. The summed E-state index contributed by atoms with van der Waals surface area (Å²) in [5, 5.41) is 8.43. The largest absolute Gasteiger partial charge is 0.494 e. The number of anilines is 1. The van der Waals surface area contributed by atoms with Crippen molar-refractivity contribution in [3.8, 4) is 5.75 Å². The molecule has 2 aromatic rings.